The Morgan fingerprint density at radius 3 is 2.88 bits per heavy atom. The minimum absolute atomic E-state index is 0.0128. The molecule has 4 N–H and O–H groups in total. The number of nitrogens with zero attached hydrogens (tertiary/aromatic N) is 1. The van der Waals surface area contributed by atoms with E-state index in [4.69, 9.17) is 10.6 Å². The first-order chi connectivity index (χ1) is 7.61. The molecule has 0 radical (unpaired) electrons. The predicted molar refractivity (Wildman–Crippen MR) is 59.4 cm³/mol. The number of rotatable bonds is 4. The molecule has 1 rings (SSSR count). The van der Waals surface area contributed by atoms with Gasteiger partial charge in [-0.3, -0.25) is 15.1 Å². The van der Waals surface area contributed by atoms with E-state index in [-0.39, 0.29) is 30.5 Å². The van der Waals surface area contributed by atoms with Gasteiger partial charge >= 0.3 is 0 Å². The topological polar surface area (TPSA) is 87.8 Å². The Morgan fingerprint density at radius 1 is 1.69 bits per heavy atom. The summed E-state index contributed by atoms with van der Waals surface area (Å²) in [5.41, 5.74) is 2.19. The highest BCUT2D eigenvalue weighted by molar-refractivity contribution is 5.81. The third-order valence-electron chi connectivity index (χ3n) is 2.88. The van der Waals surface area contributed by atoms with Crippen LogP contribution in [0, 0.1) is 5.92 Å². The number of carbonyl (C=O) groups is 1. The van der Waals surface area contributed by atoms with E-state index in [1.54, 1.807) is 0 Å². The molecule has 1 heterocycles. The van der Waals surface area contributed by atoms with Gasteiger partial charge in [-0.1, -0.05) is 13.8 Å². The Kier molecular flexibility index (Phi) is 5.14. The van der Waals surface area contributed by atoms with Crippen molar-refractivity contribution in [3.8, 4) is 0 Å². The number of hydrogen-bond donors (Lipinski definition) is 3. The van der Waals surface area contributed by atoms with Crippen molar-refractivity contribution in [2.75, 3.05) is 26.4 Å². The van der Waals surface area contributed by atoms with Crippen molar-refractivity contribution >= 4 is 5.91 Å². The number of nitrogens with two attached hydrogens (primary N) is 1. The van der Waals surface area contributed by atoms with Gasteiger partial charge in [-0.2, -0.15) is 0 Å². The van der Waals surface area contributed by atoms with Crippen LogP contribution in [0.1, 0.15) is 13.8 Å². The highest BCUT2D eigenvalue weighted by atomic mass is 16.5. The number of hydrazine groups is 1. The standard InChI is InChI=1S/C10H21N3O3/c1-7(2)9(10(15)12-11)13-3-4-16-6-8(13)5-14/h7-9,14H,3-6,11H2,1-2H3,(H,12,15). The van der Waals surface area contributed by atoms with Gasteiger partial charge in [0.2, 0.25) is 0 Å². The fraction of sp³-hybridized carbons (Fsp3) is 0.900. The average Bonchev–Trinajstić information content (AvgIpc) is 2.29. The van der Waals surface area contributed by atoms with E-state index >= 15 is 0 Å². The van der Waals surface area contributed by atoms with Crippen molar-refractivity contribution in [3.63, 3.8) is 0 Å². The molecule has 1 saturated heterocycles. The first kappa shape index (κ1) is 13.4. The minimum Gasteiger partial charge on any atom is -0.395 e. The Balaban J connectivity index is 2.78. The van der Waals surface area contributed by atoms with Gasteiger partial charge in [-0.05, 0) is 5.92 Å². The summed E-state index contributed by atoms with van der Waals surface area (Å²) in [6.45, 7) is 5.59. The van der Waals surface area contributed by atoms with Crippen LogP contribution in [0.2, 0.25) is 0 Å². The number of nitrogens with one attached hydrogen (secondary N) is 1. The molecule has 1 aliphatic heterocycles. The van der Waals surface area contributed by atoms with Crippen LogP contribution in [-0.2, 0) is 9.53 Å². The quantitative estimate of drug-likeness (QED) is 0.318. The summed E-state index contributed by atoms with van der Waals surface area (Å²) in [6, 6.07) is -0.440. The van der Waals surface area contributed by atoms with Crippen molar-refractivity contribution in [1.29, 1.82) is 0 Å². The first-order valence-electron chi connectivity index (χ1n) is 5.56. The van der Waals surface area contributed by atoms with E-state index in [1.165, 1.54) is 0 Å². The molecule has 0 aromatic carbocycles. The van der Waals surface area contributed by atoms with Gasteiger partial charge in [-0.15, -0.1) is 0 Å². The number of hydrogen-bond acceptors (Lipinski definition) is 5. The molecule has 0 aromatic rings. The average molecular weight is 231 g/mol. The molecule has 0 spiro atoms. The summed E-state index contributed by atoms with van der Waals surface area (Å²) in [7, 11) is 0. The number of ether oxygens (including phenoxy) is 1. The van der Waals surface area contributed by atoms with E-state index in [2.05, 4.69) is 5.43 Å². The maximum atomic E-state index is 11.7. The lowest BCUT2D eigenvalue weighted by Gasteiger charge is -2.40. The van der Waals surface area contributed by atoms with E-state index in [1.807, 2.05) is 18.7 Å². The summed E-state index contributed by atoms with van der Waals surface area (Å²) in [6.07, 6.45) is 0. The molecule has 2 atom stereocenters. The minimum atomic E-state index is -0.314. The summed E-state index contributed by atoms with van der Waals surface area (Å²) >= 11 is 0. The maximum Gasteiger partial charge on any atom is 0.251 e. The second kappa shape index (κ2) is 6.15. The van der Waals surface area contributed by atoms with Gasteiger partial charge in [0.05, 0.1) is 31.9 Å². The molecule has 1 aliphatic rings. The van der Waals surface area contributed by atoms with Gasteiger partial charge in [0.15, 0.2) is 0 Å². The monoisotopic (exact) mass is 231 g/mol. The van der Waals surface area contributed by atoms with Crippen LogP contribution in [0.3, 0.4) is 0 Å². The van der Waals surface area contributed by atoms with Crippen LogP contribution in [0.25, 0.3) is 0 Å². The van der Waals surface area contributed by atoms with Crippen molar-refractivity contribution in [1.82, 2.24) is 10.3 Å². The third-order valence-corrected chi connectivity index (χ3v) is 2.88. The molecular weight excluding hydrogens is 210 g/mol. The summed E-state index contributed by atoms with van der Waals surface area (Å²) in [5.74, 6) is 5.11. The molecule has 0 saturated carbocycles. The number of aliphatic hydroxyl groups is 1. The zero-order valence-electron chi connectivity index (χ0n) is 9.85. The molecule has 1 fully saturated rings. The Bertz CT molecular complexity index is 235. The number of carbonyl (C=O) groups excluding carboxylic acids is 1. The largest absolute Gasteiger partial charge is 0.395 e. The Hall–Kier alpha value is -0.690. The van der Waals surface area contributed by atoms with Gasteiger partial charge in [0, 0.05) is 6.54 Å². The molecule has 16 heavy (non-hydrogen) atoms. The second-order valence-corrected chi connectivity index (χ2v) is 4.35. The van der Waals surface area contributed by atoms with Gasteiger partial charge < -0.3 is 9.84 Å². The smallest absolute Gasteiger partial charge is 0.251 e. The van der Waals surface area contributed by atoms with E-state index in [9.17, 15) is 9.90 Å². The van der Waals surface area contributed by atoms with Crippen LogP contribution < -0.4 is 11.3 Å². The Morgan fingerprint density at radius 2 is 2.38 bits per heavy atom. The van der Waals surface area contributed by atoms with E-state index in [0.717, 1.165) is 0 Å². The molecule has 0 aliphatic carbocycles. The number of morpholine rings is 1. The van der Waals surface area contributed by atoms with E-state index in [0.29, 0.717) is 19.8 Å². The van der Waals surface area contributed by atoms with Gasteiger partial charge in [0.25, 0.3) is 5.91 Å². The van der Waals surface area contributed by atoms with E-state index < -0.39 is 0 Å². The summed E-state index contributed by atoms with van der Waals surface area (Å²) < 4.78 is 5.28. The lowest BCUT2D eigenvalue weighted by atomic mass is 9.99. The highest BCUT2D eigenvalue weighted by Gasteiger charge is 2.34. The van der Waals surface area contributed by atoms with Gasteiger partial charge in [0.1, 0.15) is 0 Å². The molecule has 0 aromatic heterocycles. The maximum absolute atomic E-state index is 11.7. The Labute approximate surface area is 95.7 Å². The fourth-order valence-corrected chi connectivity index (χ4v) is 2.11. The number of amides is 1. The van der Waals surface area contributed by atoms with Crippen LogP contribution in [0.4, 0.5) is 0 Å². The lowest BCUT2D eigenvalue weighted by molar-refractivity contribution is -0.134. The molecule has 6 heteroatoms. The highest BCUT2D eigenvalue weighted by Crippen LogP contribution is 2.17. The third kappa shape index (κ3) is 2.91. The van der Waals surface area contributed by atoms with Crippen molar-refractivity contribution in [3.05, 3.63) is 0 Å². The molecular formula is C10H21N3O3. The molecule has 94 valence electrons. The fourth-order valence-electron chi connectivity index (χ4n) is 2.11. The van der Waals surface area contributed by atoms with Crippen LogP contribution in [0.15, 0.2) is 0 Å². The second-order valence-electron chi connectivity index (χ2n) is 4.35. The van der Waals surface area contributed by atoms with Crippen molar-refractivity contribution in [2.24, 2.45) is 11.8 Å². The molecule has 0 bridgehead atoms. The molecule has 1 amide bonds. The zero-order chi connectivity index (χ0) is 12.1. The number of aliphatic hydroxyl groups excluding tert-OH is 1. The van der Waals surface area contributed by atoms with Gasteiger partial charge in [-0.25, -0.2) is 5.84 Å². The van der Waals surface area contributed by atoms with Crippen molar-refractivity contribution < 1.29 is 14.6 Å². The van der Waals surface area contributed by atoms with Crippen molar-refractivity contribution in [2.45, 2.75) is 25.9 Å². The predicted octanol–water partition coefficient (Wildman–Crippen LogP) is -1.31. The SMILES string of the molecule is CC(C)C(C(=O)NN)N1CCOCC1CO. The molecule has 6 nitrogen and oxygen atoms in total. The van der Waals surface area contributed by atoms with Crippen LogP contribution in [0.5, 0.6) is 0 Å². The zero-order valence-corrected chi connectivity index (χ0v) is 9.85. The summed E-state index contributed by atoms with van der Waals surface area (Å²) in [4.78, 5) is 13.7. The first-order valence-corrected chi connectivity index (χ1v) is 5.56. The summed E-state index contributed by atoms with van der Waals surface area (Å²) in [5, 5.41) is 9.26. The van der Waals surface area contributed by atoms with Crippen LogP contribution >= 0.6 is 0 Å². The normalized spacial score (nSPS) is 24.4. The lowest BCUT2D eigenvalue weighted by Crippen LogP contribution is -2.59. The van der Waals surface area contributed by atoms with Crippen LogP contribution in [-0.4, -0.2) is 54.4 Å². The molecule has 2 unspecified atom stereocenters.